The van der Waals surface area contributed by atoms with Crippen molar-refractivity contribution in [2.45, 2.75) is 10.9 Å². The summed E-state index contributed by atoms with van der Waals surface area (Å²) in [5, 5.41) is 0. The molecule has 0 saturated heterocycles. The third-order valence-electron chi connectivity index (χ3n) is 3.37. The van der Waals surface area contributed by atoms with E-state index in [2.05, 4.69) is 37.6 Å². The van der Waals surface area contributed by atoms with Gasteiger partial charge >= 0.3 is 5.97 Å². The quantitative estimate of drug-likeness (QED) is 0.625. The Labute approximate surface area is 124 Å². The summed E-state index contributed by atoms with van der Waals surface area (Å²) in [6.07, 6.45) is 10.8. The number of alkyl halides is 1. The van der Waals surface area contributed by atoms with E-state index in [9.17, 15) is 4.79 Å². The number of esters is 1. The molecule has 0 amide bonds. The number of nitrogens with zero attached hydrogens (tertiary/aromatic N) is 2. The first-order chi connectivity index (χ1) is 9.64. The van der Waals surface area contributed by atoms with Crippen LogP contribution < -0.4 is 0 Å². The molecule has 2 aromatic rings. The third kappa shape index (κ3) is 2.08. The van der Waals surface area contributed by atoms with Crippen molar-refractivity contribution in [3.05, 3.63) is 54.4 Å². The molecule has 1 heterocycles. The van der Waals surface area contributed by atoms with Gasteiger partial charge in [-0.2, -0.15) is 0 Å². The highest BCUT2D eigenvalue weighted by Crippen LogP contribution is 2.36. The van der Waals surface area contributed by atoms with Crippen LogP contribution in [0.5, 0.6) is 0 Å². The van der Waals surface area contributed by atoms with Crippen molar-refractivity contribution >= 4 is 32.9 Å². The molecule has 102 valence electrons. The zero-order chi connectivity index (χ0) is 14.2. The van der Waals surface area contributed by atoms with Crippen molar-refractivity contribution in [2.24, 2.45) is 0 Å². The number of carbonyl (C=O) groups is 1. The van der Waals surface area contributed by atoms with E-state index >= 15 is 0 Å². The minimum atomic E-state index is -0.351. The van der Waals surface area contributed by atoms with Gasteiger partial charge in [0.05, 0.1) is 30.0 Å². The molecule has 20 heavy (non-hydrogen) atoms. The normalized spacial score (nSPS) is 21.3. The predicted octanol–water partition coefficient (Wildman–Crippen LogP) is 3.39. The number of rotatable bonds is 2. The monoisotopic (exact) mass is 332 g/mol. The number of carbonyl (C=O) groups excluding carboxylic acids is 1. The number of imidazole rings is 1. The highest BCUT2D eigenvalue weighted by atomic mass is 79.9. The van der Waals surface area contributed by atoms with Crippen LogP contribution in [0.15, 0.2) is 48.8 Å². The molecule has 0 spiro atoms. The zero-order valence-corrected chi connectivity index (χ0v) is 12.5. The van der Waals surface area contributed by atoms with E-state index in [1.54, 1.807) is 18.5 Å². The molecular weight excluding hydrogens is 320 g/mol. The fourth-order valence-electron chi connectivity index (χ4n) is 2.32. The summed E-state index contributed by atoms with van der Waals surface area (Å²) in [5.74, 6) is -0.351. The van der Waals surface area contributed by atoms with Crippen LogP contribution in [0, 0.1) is 0 Å². The number of halogens is 1. The van der Waals surface area contributed by atoms with E-state index in [1.165, 1.54) is 7.11 Å². The lowest BCUT2D eigenvalue weighted by atomic mass is 10.1. The van der Waals surface area contributed by atoms with Gasteiger partial charge in [-0.3, -0.25) is 0 Å². The minimum Gasteiger partial charge on any atom is -0.465 e. The zero-order valence-electron chi connectivity index (χ0n) is 10.9. The summed E-state index contributed by atoms with van der Waals surface area (Å²) < 4.78 is 6.48. The second-order valence-electron chi connectivity index (χ2n) is 4.62. The smallest absolute Gasteiger partial charge is 0.337 e. The molecule has 0 radical (unpaired) electrons. The van der Waals surface area contributed by atoms with Crippen LogP contribution in [0.25, 0.3) is 11.0 Å². The van der Waals surface area contributed by atoms with E-state index in [1.807, 2.05) is 18.2 Å². The predicted molar refractivity (Wildman–Crippen MR) is 80.9 cm³/mol. The maximum Gasteiger partial charge on any atom is 0.337 e. The minimum absolute atomic E-state index is 0.302. The number of allylic oxidation sites excluding steroid dienone is 4. The van der Waals surface area contributed by atoms with E-state index in [4.69, 9.17) is 4.74 Å². The number of ether oxygens (including phenoxy) is 1. The Balaban J connectivity index is 2.09. The van der Waals surface area contributed by atoms with Gasteiger partial charge in [0, 0.05) is 6.42 Å². The molecule has 0 bridgehead atoms. The van der Waals surface area contributed by atoms with Crippen molar-refractivity contribution in [3.8, 4) is 0 Å². The third-order valence-corrected chi connectivity index (χ3v) is 4.34. The maximum absolute atomic E-state index is 11.5. The van der Waals surface area contributed by atoms with Crippen LogP contribution in [-0.2, 0) is 9.19 Å². The number of hydrogen-bond acceptors (Lipinski definition) is 3. The van der Waals surface area contributed by atoms with Crippen LogP contribution in [0.3, 0.4) is 0 Å². The first-order valence-corrected chi connectivity index (χ1v) is 7.02. The van der Waals surface area contributed by atoms with Crippen LogP contribution in [0.2, 0.25) is 0 Å². The van der Waals surface area contributed by atoms with Crippen LogP contribution in [-0.4, -0.2) is 22.6 Å². The molecule has 0 aliphatic heterocycles. The molecule has 0 N–H and O–H groups in total. The van der Waals surface area contributed by atoms with Crippen LogP contribution in [0.1, 0.15) is 16.8 Å². The SMILES string of the molecule is COC(=O)c1ccc2c(c1)ncn2C1(Br)C=CC=CC1. The molecule has 1 aromatic carbocycles. The van der Waals surface area contributed by atoms with Crippen molar-refractivity contribution in [1.82, 2.24) is 9.55 Å². The second kappa shape index (κ2) is 4.90. The van der Waals surface area contributed by atoms with Gasteiger partial charge in [-0.1, -0.05) is 34.2 Å². The Bertz CT molecular complexity index is 733. The summed E-state index contributed by atoms with van der Waals surface area (Å²) in [6, 6.07) is 5.39. The summed E-state index contributed by atoms with van der Waals surface area (Å²) in [7, 11) is 1.37. The van der Waals surface area contributed by atoms with Crippen molar-refractivity contribution in [3.63, 3.8) is 0 Å². The topological polar surface area (TPSA) is 44.1 Å². The molecule has 1 unspecified atom stereocenters. The van der Waals surface area contributed by atoms with Gasteiger partial charge in [-0.25, -0.2) is 9.78 Å². The van der Waals surface area contributed by atoms with E-state index in [0.717, 1.165) is 17.5 Å². The molecule has 1 aromatic heterocycles. The van der Waals surface area contributed by atoms with Crippen molar-refractivity contribution < 1.29 is 9.53 Å². The fraction of sp³-hybridized carbons (Fsp3) is 0.200. The number of benzene rings is 1. The molecule has 1 atom stereocenters. The molecule has 3 rings (SSSR count). The maximum atomic E-state index is 11.5. The number of hydrogen-bond donors (Lipinski definition) is 0. The molecular formula is C15H13BrN2O2. The largest absolute Gasteiger partial charge is 0.465 e. The Hall–Kier alpha value is -1.88. The van der Waals surface area contributed by atoms with Crippen molar-refractivity contribution in [2.75, 3.05) is 7.11 Å². The Kier molecular flexibility index (Phi) is 3.22. The lowest BCUT2D eigenvalue weighted by Gasteiger charge is -2.26. The highest BCUT2D eigenvalue weighted by Gasteiger charge is 2.27. The van der Waals surface area contributed by atoms with Gasteiger partial charge in [-0.15, -0.1) is 0 Å². The average molecular weight is 333 g/mol. The Morgan fingerprint density at radius 1 is 1.45 bits per heavy atom. The highest BCUT2D eigenvalue weighted by molar-refractivity contribution is 9.09. The molecule has 0 saturated carbocycles. The van der Waals surface area contributed by atoms with Gasteiger partial charge in [0.2, 0.25) is 0 Å². The lowest BCUT2D eigenvalue weighted by molar-refractivity contribution is 0.0601. The Morgan fingerprint density at radius 2 is 2.30 bits per heavy atom. The number of methoxy groups -OCH3 is 1. The molecule has 4 nitrogen and oxygen atoms in total. The van der Waals surface area contributed by atoms with Gasteiger partial charge in [0.15, 0.2) is 0 Å². The number of aromatic nitrogens is 2. The molecule has 5 heteroatoms. The van der Waals surface area contributed by atoms with Gasteiger partial charge in [0.25, 0.3) is 0 Å². The summed E-state index contributed by atoms with van der Waals surface area (Å²) >= 11 is 3.76. The van der Waals surface area contributed by atoms with E-state index in [0.29, 0.717) is 5.56 Å². The van der Waals surface area contributed by atoms with Crippen molar-refractivity contribution in [1.29, 1.82) is 0 Å². The van der Waals surface area contributed by atoms with Gasteiger partial charge in [0.1, 0.15) is 4.45 Å². The average Bonchev–Trinajstić information content (AvgIpc) is 2.91. The van der Waals surface area contributed by atoms with Gasteiger partial charge in [-0.05, 0) is 24.3 Å². The molecule has 0 fully saturated rings. The van der Waals surface area contributed by atoms with E-state index in [-0.39, 0.29) is 10.4 Å². The molecule has 1 aliphatic carbocycles. The Morgan fingerprint density at radius 3 is 3.00 bits per heavy atom. The number of fused-ring (bicyclic) bond motifs is 1. The van der Waals surface area contributed by atoms with Crippen LogP contribution >= 0.6 is 15.9 Å². The summed E-state index contributed by atoms with van der Waals surface area (Å²) in [4.78, 5) is 15.9. The summed E-state index contributed by atoms with van der Waals surface area (Å²) in [6.45, 7) is 0. The fourth-order valence-corrected chi connectivity index (χ4v) is 2.94. The molecule has 1 aliphatic rings. The second-order valence-corrected chi connectivity index (χ2v) is 5.99. The van der Waals surface area contributed by atoms with Gasteiger partial charge < -0.3 is 9.30 Å². The summed E-state index contributed by atoms with van der Waals surface area (Å²) in [5.41, 5.74) is 2.25. The standard InChI is InChI=1S/C15H13BrN2O2/c1-20-14(19)11-5-6-13-12(9-11)17-10-18(13)15(16)7-3-2-4-8-15/h2-7,9-10H,8H2,1H3. The lowest BCUT2D eigenvalue weighted by Crippen LogP contribution is -2.23. The first-order valence-electron chi connectivity index (χ1n) is 6.23. The van der Waals surface area contributed by atoms with Crippen LogP contribution in [0.4, 0.5) is 0 Å². The van der Waals surface area contributed by atoms with E-state index < -0.39 is 0 Å². The first kappa shape index (κ1) is 13.1.